The summed E-state index contributed by atoms with van der Waals surface area (Å²) < 4.78 is 0. The summed E-state index contributed by atoms with van der Waals surface area (Å²) in [6, 6.07) is 0.459. The zero-order chi connectivity index (χ0) is 12.2. The number of guanidine groups is 1. The van der Waals surface area contributed by atoms with Gasteiger partial charge in [0.05, 0.1) is 0 Å². The second-order valence-corrected chi connectivity index (χ2v) is 5.03. The van der Waals surface area contributed by atoms with Crippen molar-refractivity contribution in [2.45, 2.75) is 45.2 Å². The Morgan fingerprint density at radius 3 is 2.50 bits per heavy atom. The second kappa shape index (κ2) is 5.16. The molecule has 0 spiro atoms. The van der Waals surface area contributed by atoms with Crippen LogP contribution >= 0.6 is 0 Å². The van der Waals surface area contributed by atoms with Gasteiger partial charge in [-0.2, -0.15) is 0 Å². The van der Waals surface area contributed by atoms with Gasteiger partial charge >= 0.3 is 0 Å². The fourth-order valence-corrected chi connectivity index (χ4v) is 1.16. The first-order valence-electron chi connectivity index (χ1n) is 5.49. The second-order valence-electron chi connectivity index (χ2n) is 5.03. The Balaban J connectivity index is 2.33. The monoisotopic (exact) mass is 227 g/mol. The molecule has 6 heteroatoms. The summed E-state index contributed by atoms with van der Waals surface area (Å²) in [5.74, 6) is 5.65. The zero-order valence-electron chi connectivity index (χ0n) is 10.1. The highest BCUT2D eigenvalue weighted by Gasteiger charge is 2.22. The van der Waals surface area contributed by atoms with Crippen LogP contribution in [-0.4, -0.2) is 30.0 Å². The number of hydrogen-bond acceptors (Lipinski definition) is 3. The van der Waals surface area contributed by atoms with E-state index in [9.17, 15) is 4.79 Å². The maximum absolute atomic E-state index is 11.5. The van der Waals surface area contributed by atoms with Crippen molar-refractivity contribution in [2.24, 2.45) is 10.8 Å². The van der Waals surface area contributed by atoms with Gasteiger partial charge in [0.25, 0.3) is 0 Å². The van der Waals surface area contributed by atoms with E-state index < -0.39 is 0 Å². The van der Waals surface area contributed by atoms with Crippen molar-refractivity contribution < 1.29 is 4.79 Å². The molecule has 92 valence electrons. The van der Waals surface area contributed by atoms with Gasteiger partial charge in [0, 0.05) is 11.6 Å². The molecule has 1 amide bonds. The first-order chi connectivity index (χ1) is 7.40. The molecule has 0 aliphatic heterocycles. The molecule has 5 N–H and O–H groups in total. The minimum absolute atomic E-state index is 0.0799. The van der Waals surface area contributed by atoms with E-state index in [2.05, 4.69) is 21.1 Å². The van der Waals surface area contributed by atoms with E-state index in [0.717, 1.165) is 12.8 Å². The Labute approximate surface area is 96.0 Å². The Kier molecular flexibility index (Phi) is 4.12. The summed E-state index contributed by atoms with van der Waals surface area (Å²) in [7, 11) is 0. The number of carbonyl (C=O) groups is 1. The molecule has 0 bridgehead atoms. The molecule has 6 nitrogen and oxygen atoms in total. The van der Waals surface area contributed by atoms with E-state index in [1.165, 1.54) is 0 Å². The van der Waals surface area contributed by atoms with E-state index in [1.807, 2.05) is 20.8 Å². The van der Waals surface area contributed by atoms with Crippen molar-refractivity contribution in [3.05, 3.63) is 0 Å². The average Bonchev–Trinajstić information content (AvgIpc) is 2.92. The number of nitrogens with zero attached hydrogens (tertiary/aromatic N) is 1. The third-order valence-electron chi connectivity index (χ3n) is 1.95. The summed E-state index contributed by atoms with van der Waals surface area (Å²) in [5, 5.41) is 5.92. The Bertz CT molecular complexity index is 277. The van der Waals surface area contributed by atoms with Crippen LogP contribution in [0.25, 0.3) is 0 Å². The van der Waals surface area contributed by atoms with Gasteiger partial charge in [-0.05, 0) is 33.6 Å². The van der Waals surface area contributed by atoms with Crippen molar-refractivity contribution in [3.63, 3.8) is 0 Å². The van der Waals surface area contributed by atoms with Crippen LogP contribution in [0.1, 0.15) is 33.6 Å². The molecule has 0 atom stereocenters. The number of amides is 1. The van der Waals surface area contributed by atoms with Crippen molar-refractivity contribution in [1.82, 2.24) is 16.1 Å². The minimum atomic E-state index is -0.229. The molecule has 0 radical (unpaired) electrons. The fraction of sp³-hybridized carbons (Fsp3) is 0.800. The molecule has 1 aliphatic carbocycles. The van der Waals surface area contributed by atoms with E-state index >= 15 is 0 Å². The maximum atomic E-state index is 11.5. The van der Waals surface area contributed by atoms with Gasteiger partial charge in [-0.15, -0.1) is 0 Å². The average molecular weight is 227 g/mol. The van der Waals surface area contributed by atoms with Crippen LogP contribution in [0.5, 0.6) is 0 Å². The van der Waals surface area contributed by atoms with E-state index in [4.69, 9.17) is 5.84 Å². The van der Waals surface area contributed by atoms with Gasteiger partial charge in [0.2, 0.25) is 11.9 Å². The molecular formula is C10H21N5O. The topological polar surface area (TPSA) is 91.5 Å². The molecule has 1 fully saturated rings. The largest absolute Gasteiger partial charge is 0.353 e. The Hall–Kier alpha value is -1.30. The summed E-state index contributed by atoms with van der Waals surface area (Å²) in [6.07, 6.45) is 2.27. The number of nitrogens with two attached hydrogens (primary N) is 1. The summed E-state index contributed by atoms with van der Waals surface area (Å²) in [5.41, 5.74) is 2.22. The van der Waals surface area contributed by atoms with Gasteiger partial charge in [-0.3, -0.25) is 10.2 Å². The van der Waals surface area contributed by atoms with E-state index in [-0.39, 0.29) is 18.0 Å². The smallest absolute Gasteiger partial charge is 0.242 e. The molecular weight excluding hydrogens is 206 g/mol. The van der Waals surface area contributed by atoms with Gasteiger partial charge < -0.3 is 10.6 Å². The van der Waals surface area contributed by atoms with Gasteiger partial charge in [0.15, 0.2) is 0 Å². The van der Waals surface area contributed by atoms with E-state index in [0.29, 0.717) is 12.0 Å². The first kappa shape index (κ1) is 12.8. The summed E-state index contributed by atoms with van der Waals surface area (Å²) in [6.45, 7) is 5.87. The van der Waals surface area contributed by atoms with Crippen LogP contribution < -0.4 is 21.9 Å². The predicted molar refractivity (Wildman–Crippen MR) is 63.7 cm³/mol. The highest BCUT2D eigenvalue weighted by atomic mass is 16.2. The van der Waals surface area contributed by atoms with Crippen molar-refractivity contribution in [3.8, 4) is 0 Å². The number of rotatable bonds is 3. The third kappa shape index (κ3) is 5.55. The van der Waals surface area contributed by atoms with Crippen molar-refractivity contribution in [2.75, 3.05) is 6.54 Å². The Morgan fingerprint density at radius 1 is 1.44 bits per heavy atom. The van der Waals surface area contributed by atoms with Crippen molar-refractivity contribution in [1.29, 1.82) is 0 Å². The van der Waals surface area contributed by atoms with Crippen LogP contribution in [0.4, 0.5) is 0 Å². The molecule has 0 unspecified atom stereocenters. The Morgan fingerprint density at radius 2 is 2.06 bits per heavy atom. The highest BCUT2D eigenvalue weighted by Crippen LogP contribution is 2.18. The fourth-order valence-electron chi connectivity index (χ4n) is 1.16. The molecule has 1 saturated carbocycles. The summed E-state index contributed by atoms with van der Waals surface area (Å²) >= 11 is 0. The number of nitrogens with one attached hydrogen (secondary N) is 3. The lowest BCUT2D eigenvalue weighted by atomic mass is 10.1. The number of hydrogen-bond donors (Lipinski definition) is 4. The third-order valence-corrected chi connectivity index (χ3v) is 1.95. The standard InChI is InChI=1S/C10H21N5O/c1-10(2,3)14-8(16)6-12-9(15-11)13-7-4-5-7/h7H,4-6,11H2,1-3H3,(H,14,16)(H2,12,13,15). The molecule has 0 saturated heterocycles. The zero-order valence-corrected chi connectivity index (χ0v) is 10.1. The van der Waals surface area contributed by atoms with Crippen LogP contribution in [0.15, 0.2) is 4.99 Å². The molecule has 0 aromatic heterocycles. The van der Waals surface area contributed by atoms with Gasteiger partial charge in [-0.25, -0.2) is 10.8 Å². The maximum Gasteiger partial charge on any atom is 0.242 e. The first-order valence-corrected chi connectivity index (χ1v) is 5.49. The molecule has 0 aromatic carbocycles. The normalized spacial score (nSPS) is 16.9. The molecule has 1 rings (SSSR count). The van der Waals surface area contributed by atoms with Crippen molar-refractivity contribution >= 4 is 11.9 Å². The van der Waals surface area contributed by atoms with Crippen LogP contribution in [-0.2, 0) is 4.79 Å². The molecule has 1 aliphatic rings. The number of hydrazine groups is 1. The number of aliphatic imine (C=N–C) groups is 1. The number of carbonyl (C=O) groups excluding carboxylic acids is 1. The van der Waals surface area contributed by atoms with E-state index in [1.54, 1.807) is 0 Å². The van der Waals surface area contributed by atoms with Crippen LogP contribution in [0.3, 0.4) is 0 Å². The quantitative estimate of drug-likeness (QED) is 0.226. The lowest BCUT2D eigenvalue weighted by Gasteiger charge is -2.19. The lowest BCUT2D eigenvalue weighted by Crippen LogP contribution is -2.45. The van der Waals surface area contributed by atoms with Crippen LogP contribution in [0, 0.1) is 0 Å². The van der Waals surface area contributed by atoms with Crippen LogP contribution in [0.2, 0.25) is 0 Å². The minimum Gasteiger partial charge on any atom is -0.353 e. The van der Waals surface area contributed by atoms with Gasteiger partial charge in [-0.1, -0.05) is 0 Å². The molecule has 0 aromatic rings. The van der Waals surface area contributed by atoms with Gasteiger partial charge in [0.1, 0.15) is 6.54 Å². The molecule has 16 heavy (non-hydrogen) atoms. The summed E-state index contributed by atoms with van der Waals surface area (Å²) in [4.78, 5) is 15.5. The highest BCUT2D eigenvalue weighted by molar-refractivity contribution is 5.85. The lowest BCUT2D eigenvalue weighted by molar-refractivity contribution is -0.121. The SMILES string of the molecule is CC(C)(C)NC(=O)CN=C(NN)NC1CC1. The predicted octanol–water partition coefficient (Wildman–Crippen LogP) is -0.528. The molecule has 0 heterocycles.